The number of carbonyl (C=O) groups excluding carboxylic acids is 1. The van der Waals surface area contributed by atoms with E-state index in [2.05, 4.69) is 4.98 Å². The van der Waals surface area contributed by atoms with E-state index >= 15 is 0 Å². The van der Waals surface area contributed by atoms with E-state index in [4.69, 9.17) is 25.6 Å². The molecule has 0 saturated carbocycles. The lowest BCUT2D eigenvalue weighted by Crippen LogP contribution is -2.41. The van der Waals surface area contributed by atoms with Gasteiger partial charge in [-0.1, -0.05) is 11.6 Å². The molecule has 1 aliphatic heterocycles. The van der Waals surface area contributed by atoms with Gasteiger partial charge in [-0.2, -0.15) is 0 Å². The Morgan fingerprint density at radius 3 is 2.35 bits per heavy atom. The summed E-state index contributed by atoms with van der Waals surface area (Å²) in [4.78, 5) is 15.8. The molecule has 0 aromatic carbocycles. The van der Waals surface area contributed by atoms with Crippen LogP contribution in [0.5, 0.6) is 0 Å². The summed E-state index contributed by atoms with van der Waals surface area (Å²) >= 11 is 5.84. The molecule has 1 fully saturated rings. The molecular weight excluding hydrogens is 280 g/mol. The van der Waals surface area contributed by atoms with Gasteiger partial charge in [0.1, 0.15) is 5.15 Å². The fourth-order valence-electron chi connectivity index (χ4n) is 1.89. The number of halogens is 1. The lowest BCUT2D eigenvalue weighted by molar-refractivity contribution is 0.00578. The van der Waals surface area contributed by atoms with Crippen LogP contribution in [0.2, 0.25) is 5.15 Å². The van der Waals surface area contributed by atoms with Crippen LogP contribution in [0.15, 0.2) is 12.3 Å². The molecule has 0 spiro atoms. The standard InChI is InChI=1S/C13H17BClNO4/c1-12(2)13(3,4)20-14(19-12)9-7-16-10(15)6-8(9)11(17)18-5/h6-7H,1-5H3. The third kappa shape index (κ3) is 2.55. The minimum Gasteiger partial charge on any atom is -0.465 e. The molecule has 108 valence electrons. The quantitative estimate of drug-likeness (QED) is 0.473. The molecule has 0 bridgehead atoms. The highest BCUT2D eigenvalue weighted by atomic mass is 35.5. The molecular formula is C13H17BClNO4. The predicted octanol–water partition coefficient (Wildman–Crippen LogP) is 1.82. The van der Waals surface area contributed by atoms with E-state index in [1.807, 2.05) is 27.7 Å². The number of pyridine rings is 1. The maximum Gasteiger partial charge on any atom is 0.497 e. The summed E-state index contributed by atoms with van der Waals surface area (Å²) < 4.78 is 16.6. The maximum atomic E-state index is 11.8. The average molecular weight is 298 g/mol. The predicted molar refractivity (Wildman–Crippen MR) is 76.3 cm³/mol. The van der Waals surface area contributed by atoms with Crippen molar-refractivity contribution in [3.63, 3.8) is 0 Å². The summed E-state index contributed by atoms with van der Waals surface area (Å²) in [5.74, 6) is -0.501. The summed E-state index contributed by atoms with van der Waals surface area (Å²) in [7, 11) is 0.629. The maximum absolute atomic E-state index is 11.8. The van der Waals surface area contributed by atoms with Gasteiger partial charge in [0, 0.05) is 11.7 Å². The van der Waals surface area contributed by atoms with Gasteiger partial charge in [-0.25, -0.2) is 9.78 Å². The van der Waals surface area contributed by atoms with Crippen molar-refractivity contribution in [1.29, 1.82) is 0 Å². The SMILES string of the molecule is COC(=O)c1cc(Cl)ncc1B1OC(C)(C)C(C)(C)O1. The number of ether oxygens (including phenoxy) is 1. The molecule has 1 aliphatic rings. The molecule has 0 amide bonds. The van der Waals surface area contributed by atoms with E-state index in [9.17, 15) is 4.79 Å². The van der Waals surface area contributed by atoms with Gasteiger partial charge in [-0.05, 0) is 33.8 Å². The Morgan fingerprint density at radius 1 is 1.30 bits per heavy atom. The van der Waals surface area contributed by atoms with Crippen molar-refractivity contribution in [3.05, 3.63) is 23.0 Å². The lowest BCUT2D eigenvalue weighted by atomic mass is 9.77. The van der Waals surface area contributed by atoms with Gasteiger partial charge >= 0.3 is 13.1 Å². The Hall–Kier alpha value is -1.11. The average Bonchev–Trinajstić information content (AvgIpc) is 2.57. The van der Waals surface area contributed by atoms with E-state index in [1.54, 1.807) is 0 Å². The molecule has 0 radical (unpaired) electrons. The largest absolute Gasteiger partial charge is 0.497 e. The first-order chi connectivity index (χ1) is 9.18. The summed E-state index contributed by atoms with van der Waals surface area (Å²) in [6, 6.07) is 1.45. The van der Waals surface area contributed by atoms with Crippen LogP contribution in [-0.2, 0) is 14.0 Å². The number of carbonyl (C=O) groups is 1. The highest BCUT2D eigenvalue weighted by molar-refractivity contribution is 6.63. The number of hydrogen-bond acceptors (Lipinski definition) is 5. The van der Waals surface area contributed by atoms with Crippen LogP contribution >= 0.6 is 11.6 Å². The fraction of sp³-hybridized carbons (Fsp3) is 0.538. The normalized spacial score (nSPS) is 20.0. The Kier molecular flexibility index (Phi) is 3.84. The van der Waals surface area contributed by atoms with Gasteiger partial charge in [-0.3, -0.25) is 0 Å². The second-order valence-corrected chi connectivity index (χ2v) is 6.06. The van der Waals surface area contributed by atoms with Crippen LogP contribution in [-0.4, -0.2) is 36.4 Å². The molecule has 0 N–H and O–H groups in total. The smallest absolute Gasteiger partial charge is 0.465 e. The summed E-state index contributed by atoms with van der Waals surface area (Å²) in [5.41, 5.74) is -0.180. The Labute approximate surface area is 123 Å². The van der Waals surface area contributed by atoms with E-state index in [1.165, 1.54) is 19.4 Å². The molecule has 20 heavy (non-hydrogen) atoms. The molecule has 0 aliphatic carbocycles. The second kappa shape index (κ2) is 5.02. The highest BCUT2D eigenvalue weighted by Gasteiger charge is 2.52. The van der Waals surface area contributed by atoms with Gasteiger partial charge in [0.15, 0.2) is 0 Å². The topological polar surface area (TPSA) is 57.7 Å². The first kappa shape index (κ1) is 15.3. The molecule has 1 saturated heterocycles. The molecule has 0 unspecified atom stereocenters. The zero-order valence-corrected chi connectivity index (χ0v) is 12.9. The fourth-order valence-corrected chi connectivity index (χ4v) is 2.04. The summed E-state index contributed by atoms with van der Waals surface area (Å²) in [6.07, 6.45) is 1.48. The van der Waals surface area contributed by atoms with Crippen LogP contribution in [0.25, 0.3) is 0 Å². The van der Waals surface area contributed by atoms with Gasteiger partial charge in [0.25, 0.3) is 0 Å². The van der Waals surface area contributed by atoms with Crippen LogP contribution in [0.3, 0.4) is 0 Å². The van der Waals surface area contributed by atoms with Crippen LogP contribution in [0.4, 0.5) is 0 Å². The summed E-state index contributed by atoms with van der Waals surface area (Å²) in [6.45, 7) is 7.75. The molecule has 1 aromatic heterocycles. The van der Waals surface area contributed by atoms with Crippen molar-refractivity contribution in [2.75, 3.05) is 7.11 Å². The van der Waals surface area contributed by atoms with Crippen LogP contribution in [0.1, 0.15) is 38.1 Å². The van der Waals surface area contributed by atoms with Crippen molar-refractivity contribution in [2.24, 2.45) is 0 Å². The molecule has 1 aromatic rings. The third-order valence-electron chi connectivity index (χ3n) is 3.81. The van der Waals surface area contributed by atoms with Crippen LogP contribution in [0, 0.1) is 0 Å². The third-order valence-corrected chi connectivity index (χ3v) is 4.02. The van der Waals surface area contributed by atoms with Gasteiger partial charge in [-0.15, -0.1) is 0 Å². The molecule has 2 rings (SSSR count). The second-order valence-electron chi connectivity index (χ2n) is 5.67. The molecule has 7 heteroatoms. The number of esters is 1. The van der Waals surface area contributed by atoms with Crippen molar-refractivity contribution >= 4 is 30.2 Å². The van der Waals surface area contributed by atoms with Crippen molar-refractivity contribution in [1.82, 2.24) is 4.98 Å². The zero-order valence-electron chi connectivity index (χ0n) is 12.2. The van der Waals surface area contributed by atoms with Crippen molar-refractivity contribution in [3.8, 4) is 0 Å². The van der Waals surface area contributed by atoms with Gasteiger partial charge in [0.2, 0.25) is 0 Å². The van der Waals surface area contributed by atoms with E-state index in [-0.39, 0.29) is 5.15 Å². The number of hydrogen-bond donors (Lipinski definition) is 0. The minimum atomic E-state index is -0.682. The van der Waals surface area contributed by atoms with E-state index < -0.39 is 24.3 Å². The first-order valence-electron chi connectivity index (χ1n) is 6.27. The van der Waals surface area contributed by atoms with E-state index in [0.29, 0.717) is 11.0 Å². The van der Waals surface area contributed by atoms with Gasteiger partial charge in [0.05, 0.1) is 23.9 Å². The zero-order chi connectivity index (χ0) is 15.1. The number of aromatic nitrogens is 1. The Morgan fingerprint density at radius 2 is 1.85 bits per heavy atom. The monoisotopic (exact) mass is 297 g/mol. The van der Waals surface area contributed by atoms with E-state index in [0.717, 1.165) is 0 Å². The summed E-state index contributed by atoms with van der Waals surface area (Å²) in [5, 5.41) is 0.214. The number of methoxy groups -OCH3 is 1. The van der Waals surface area contributed by atoms with Crippen LogP contribution < -0.4 is 5.46 Å². The first-order valence-corrected chi connectivity index (χ1v) is 6.65. The number of rotatable bonds is 2. The Balaban J connectivity index is 2.42. The molecule has 5 nitrogen and oxygen atoms in total. The number of nitrogens with zero attached hydrogens (tertiary/aromatic N) is 1. The van der Waals surface area contributed by atoms with Gasteiger partial charge < -0.3 is 14.0 Å². The molecule has 2 heterocycles. The Bertz CT molecular complexity index is 531. The molecule has 0 atom stereocenters. The highest BCUT2D eigenvalue weighted by Crippen LogP contribution is 2.36. The lowest BCUT2D eigenvalue weighted by Gasteiger charge is -2.32. The van der Waals surface area contributed by atoms with Crippen molar-refractivity contribution < 1.29 is 18.8 Å². The minimum absolute atomic E-state index is 0.214. The van der Waals surface area contributed by atoms with Crippen molar-refractivity contribution in [2.45, 2.75) is 38.9 Å².